The summed E-state index contributed by atoms with van der Waals surface area (Å²) >= 11 is 0. The standard InChI is InChI=1S/C24H26O/c1-23(2,3)19-7-5-16-11-17-8-9-24(14-15-4-6-20(24)10-15)22(25)21(17)13-18(16)12-19/h4-7,11-13,15,20H,8-10,14H2,1-3H3. The number of hydrogen-bond acceptors (Lipinski definition) is 1. The molecule has 0 heterocycles. The lowest BCUT2D eigenvalue weighted by molar-refractivity contribution is 0.0703. The second kappa shape index (κ2) is 4.84. The highest BCUT2D eigenvalue weighted by Gasteiger charge is 2.54. The fourth-order valence-corrected chi connectivity index (χ4v) is 5.47. The highest BCUT2D eigenvalue weighted by atomic mass is 16.1. The lowest BCUT2D eigenvalue weighted by Gasteiger charge is -2.38. The third-order valence-electron chi connectivity index (χ3n) is 6.97. The maximum Gasteiger partial charge on any atom is 0.169 e. The molecule has 1 heteroatoms. The molecule has 3 atom stereocenters. The third kappa shape index (κ3) is 2.11. The van der Waals surface area contributed by atoms with Crippen molar-refractivity contribution in [2.75, 3.05) is 0 Å². The van der Waals surface area contributed by atoms with Gasteiger partial charge in [-0.1, -0.05) is 57.2 Å². The van der Waals surface area contributed by atoms with Crippen molar-refractivity contribution in [3.05, 3.63) is 59.2 Å². The first-order valence-electron chi connectivity index (χ1n) is 9.67. The van der Waals surface area contributed by atoms with Gasteiger partial charge >= 0.3 is 0 Å². The fourth-order valence-electron chi connectivity index (χ4n) is 5.47. The molecule has 0 saturated heterocycles. The molecule has 128 valence electrons. The van der Waals surface area contributed by atoms with Gasteiger partial charge in [0.2, 0.25) is 0 Å². The van der Waals surface area contributed by atoms with Gasteiger partial charge in [0, 0.05) is 11.0 Å². The molecule has 1 saturated carbocycles. The van der Waals surface area contributed by atoms with Crippen LogP contribution < -0.4 is 0 Å². The molecule has 0 N–H and O–H groups in total. The van der Waals surface area contributed by atoms with Crippen LogP contribution in [-0.2, 0) is 11.8 Å². The molecule has 1 fully saturated rings. The Labute approximate surface area is 150 Å². The van der Waals surface area contributed by atoms with Crippen LogP contribution in [0.1, 0.15) is 61.5 Å². The highest BCUT2D eigenvalue weighted by molar-refractivity contribution is 6.06. The number of aryl methyl sites for hydroxylation is 1. The molecule has 0 aliphatic heterocycles. The zero-order chi connectivity index (χ0) is 17.4. The number of hydrogen-bond donors (Lipinski definition) is 0. The van der Waals surface area contributed by atoms with E-state index in [1.54, 1.807) is 0 Å². The van der Waals surface area contributed by atoms with Gasteiger partial charge in [0.05, 0.1) is 0 Å². The van der Waals surface area contributed by atoms with E-state index < -0.39 is 0 Å². The number of carbonyl (C=O) groups excluding carboxylic acids is 1. The summed E-state index contributed by atoms with van der Waals surface area (Å²) in [6.07, 6.45) is 9.03. The average Bonchev–Trinajstić information content (AvgIpc) is 3.17. The second-order valence-electron chi connectivity index (χ2n) is 9.50. The SMILES string of the molecule is CC(C)(C)c1ccc2cc3c(cc2c1)C(=O)C1(CC3)CC2C=CC1C2. The monoisotopic (exact) mass is 330 g/mol. The number of benzene rings is 2. The zero-order valence-electron chi connectivity index (χ0n) is 15.4. The van der Waals surface area contributed by atoms with Gasteiger partial charge in [0.1, 0.15) is 0 Å². The van der Waals surface area contributed by atoms with Crippen LogP contribution in [0, 0.1) is 17.3 Å². The van der Waals surface area contributed by atoms with Crippen molar-refractivity contribution in [2.24, 2.45) is 17.3 Å². The van der Waals surface area contributed by atoms with Gasteiger partial charge in [0.25, 0.3) is 0 Å². The summed E-state index contributed by atoms with van der Waals surface area (Å²) in [5.41, 5.74) is 3.64. The summed E-state index contributed by atoms with van der Waals surface area (Å²) in [5, 5.41) is 2.48. The minimum Gasteiger partial charge on any atom is -0.294 e. The molecular weight excluding hydrogens is 304 g/mol. The summed E-state index contributed by atoms with van der Waals surface area (Å²) < 4.78 is 0. The van der Waals surface area contributed by atoms with E-state index in [2.05, 4.69) is 63.3 Å². The molecule has 1 spiro atoms. The van der Waals surface area contributed by atoms with Crippen LogP contribution in [0.3, 0.4) is 0 Å². The predicted octanol–water partition coefficient (Wildman–Crippen LogP) is 5.85. The first-order chi connectivity index (χ1) is 11.9. The smallest absolute Gasteiger partial charge is 0.169 e. The van der Waals surface area contributed by atoms with Crippen molar-refractivity contribution >= 4 is 16.6 Å². The fraction of sp³-hybridized carbons (Fsp3) is 0.458. The minimum atomic E-state index is -0.0955. The van der Waals surface area contributed by atoms with Gasteiger partial charge in [0.15, 0.2) is 5.78 Å². The zero-order valence-corrected chi connectivity index (χ0v) is 15.4. The predicted molar refractivity (Wildman–Crippen MR) is 103 cm³/mol. The maximum atomic E-state index is 13.5. The average molecular weight is 330 g/mol. The molecule has 5 rings (SSSR count). The summed E-state index contributed by atoms with van der Waals surface area (Å²) in [4.78, 5) is 13.5. The molecule has 25 heavy (non-hydrogen) atoms. The molecule has 3 aliphatic rings. The van der Waals surface area contributed by atoms with Gasteiger partial charge < -0.3 is 0 Å². The van der Waals surface area contributed by atoms with E-state index in [4.69, 9.17) is 0 Å². The number of carbonyl (C=O) groups is 1. The lowest BCUT2D eigenvalue weighted by Crippen LogP contribution is -2.39. The molecular formula is C24H26O. The Hall–Kier alpha value is -1.89. The van der Waals surface area contributed by atoms with Crippen LogP contribution in [0.4, 0.5) is 0 Å². The number of Topliss-reactive ketones (excluding diaryl/α,β-unsaturated/α-hetero) is 1. The Bertz CT molecular complexity index is 927. The van der Waals surface area contributed by atoms with Crippen molar-refractivity contribution < 1.29 is 4.79 Å². The van der Waals surface area contributed by atoms with Crippen molar-refractivity contribution in [3.8, 4) is 0 Å². The Morgan fingerprint density at radius 2 is 1.88 bits per heavy atom. The Balaban J connectivity index is 1.64. The summed E-state index contributed by atoms with van der Waals surface area (Å²) in [6, 6.07) is 11.2. The van der Waals surface area contributed by atoms with E-state index in [1.165, 1.54) is 28.3 Å². The van der Waals surface area contributed by atoms with E-state index in [0.29, 0.717) is 17.6 Å². The van der Waals surface area contributed by atoms with Crippen molar-refractivity contribution in [3.63, 3.8) is 0 Å². The van der Waals surface area contributed by atoms with Crippen LogP contribution >= 0.6 is 0 Å². The normalized spacial score (nSPS) is 30.4. The van der Waals surface area contributed by atoms with Gasteiger partial charge in [-0.2, -0.15) is 0 Å². The quantitative estimate of drug-likeness (QED) is 0.554. The first kappa shape index (κ1) is 15.4. The first-order valence-corrected chi connectivity index (χ1v) is 9.67. The van der Waals surface area contributed by atoms with Crippen LogP contribution in [-0.4, -0.2) is 5.78 Å². The van der Waals surface area contributed by atoms with Crippen LogP contribution in [0.2, 0.25) is 0 Å². The molecule has 3 unspecified atom stereocenters. The molecule has 2 bridgehead atoms. The molecule has 0 aromatic heterocycles. The highest BCUT2D eigenvalue weighted by Crippen LogP contribution is 2.57. The number of allylic oxidation sites excluding steroid dienone is 2. The Morgan fingerprint density at radius 1 is 1.04 bits per heavy atom. The lowest BCUT2D eigenvalue weighted by atomic mass is 9.63. The summed E-state index contributed by atoms with van der Waals surface area (Å²) in [6.45, 7) is 6.73. The van der Waals surface area contributed by atoms with E-state index in [1.807, 2.05) is 0 Å². The number of rotatable bonds is 0. The van der Waals surface area contributed by atoms with E-state index >= 15 is 0 Å². The van der Waals surface area contributed by atoms with Crippen molar-refractivity contribution in [1.82, 2.24) is 0 Å². The van der Waals surface area contributed by atoms with Gasteiger partial charge in [-0.3, -0.25) is 4.79 Å². The molecule has 0 amide bonds. The van der Waals surface area contributed by atoms with E-state index in [9.17, 15) is 4.79 Å². The van der Waals surface area contributed by atoms with Gasteiger partial charge in [-0.05, 0) is 70.9 Å². The third-order valence-corrected chi connectivity index (χ3v) is 6.97. The largest absolute Gasteiger partial charge is 0.294 e. The van der Waals surface area contributed by atoms with Gasteiger partial charge in [-0.15, -0.1) is 0 Å². The summed E-state index contributed by atoms with van der Waals surface area (Å²) in [7, 11) is 0. The van der Waals surface area contributed by atoms with Crippen molar-refractivity contribution in [2.45, 2.75) is 51.9 Å². The Morgan fingerprint density at radius 3 is 2.56 bits per heavy atom. The molecule has 2 aromatic rings. The Kier molecular flexibility index (Phi) is 2.98. The number of ketones is 1. The topological polar surface area (TPSA) is 17.1 Å². The second-order valence-corrected chi connectivity index (χ2v) is 9.50. The molecule has 3 aliphatic carbocycles. The van der Waals surface area contributed by atoms with Crippen molar-refractivity contribution in [1.29, 1.82) is 0 Å². The molecule has 2 aromatic carbocycles. The van der Waals surface area contributed by atoms with E-state index in [0.717, 1.165) is 24.8 Å². The van der Waals surface area contributed by atoms with Crippen LogP contribution in [0.25, 0.3) is 10.8 Å². The maximum absolute atomic E-state index is 13.5. The van der Waals surface area contributed by atoms with E-state index in [-0.39, 0.29) is 10.8 Å². The molecule has 1 nitrogen and oxygen atoms in total. The van der Waals surface area contributed by atoms with Gasteiger partial charge in [-0.25, -0.2) is 0 Å². The number of fused-ring (bicyclic) bond motifs is 5. The van der Waals surface area contributed by atoms with Crippen LogP contribution in [0.5, 0.6) is 0 Å². The molecule has 0 radical (unpaired) electrons. The minimum absolute atomic E-state index is 0.0955. The summed E-state index contributed by atoms with van der Waals surface area (Å²) in [5.74, 6) is 1.55. The van der Waals surface area contributed by atoms with Crippen LogP contribution in [0.15, 0.2) is 42.5 Å².